The van der Waals surface area contributed by atoms with E-state index in [1.54, 1.807) is 17.7 Å². The van der Waals surface area contributed by atoms with Crippen LogP contribution in [0.25, 0.3) is 10.2 Å². The number of amides is 1. The molecular formula is C18H21N5OS. The van der Waals surface area contributed by atoms with Crippen LogP contribution in [-0.4, -0.2) is 43.6 Å². The van der Waals surface area contributed by atoms with E-state index >= 15 is 0 Å². The lowest BCUT2D eigenvalue weighted by Crippen LogP contribution is -2.39. The van der Waals surface area contributed by atoms with Crippen molar-refractivity contribution in [3.8, 4) is 0 Å². The Hall–Kier alpha value is -2.28. The minimum absolute atomic E-state index is 0.203. The average molecular weight is 355 g/mol. The van der Waals surface area contributed by atoms with Crippen LogP contribution in [0.2, 0.25) is 0 Å². The highest BCUT2D eigenvalue weighted by atomic mass is 32.1. The van der Waals surface area contributed by atoms with E-state index in [1.165, 1.54) is 4.70 Å². The van der Waals surface area contributed by atoms with Gasteiger partial charge in [0.15, 0.2) is 0 Å². The fraction of sp³-hybridized carbons (Fsp3) is 0.444. The minimum atomic E-state index is 0.203. The van der Waals surface area contributed by atoms with Crippen LogP contribution in [-0.2, 0) is 18.3 Å². The molecule has 0 spiro atoms. The molecule has 1 atom stereocenters. The smallest absolute Gasteiger partial charge is 0.223 e. The SMILES string of the molecule is Cn1cnnc1CCC(=O)N1CCC[C@@H](c2nc3ccccc3s2)C1. The summed E-state index contributed by atoms with van der Waals surface area (Å²) in [6, 6.07) is 8.24. The van der Waals surface area contributed by atoms with E-state index in [0.29, 0.717) is 18.8 Å². The van der Waals surface area contributed by atoms with Crippen molar-refractivity contribution in [1.29, 1.82) is 0 Å². The topological polar surface area (TPSA) is 63.9 Å². The summed E-state index contributed by atoms with van der Waals surface area (Å²) in [5.41, 5.74) is 1.06. The summed E-state index contributed by atoms with van der Waals surface area (Å²) in [7, 11) is 1.91. The van der Waals surface area contributed by atoms with Gasteiger partial charge in [-0.25, -0.2) is 4.98 Å². The number of hydrogen-bond acceptors (Lipinski definition) is 5. The molecule has 0 bridgehead atoms. The Morgan fingerprint density at radius 3 is 3.04 bits per heavy atom. The van der Waals surface area contributed by atoms with Crippen molar-refractivity contribution in [1.82, 2.24) is 24.6 Å². The number of likely N-dealkylation sites (tertiary alicyclic amines) is 1. The molecule has 130 valence electrons. The van der Waals surface area contributed by atoms with Gasteiger partial charge >= 0.3 is 0 Å². The van der Waals surface area contributed by atoms with Crippen LogP contribution in [0.4, 0.5) is 0 Å². The molecule has 0 radical (unpaired) electrons. The molecule has 1 aromatic carbocycles. The fourth-order valence-corrected chi connectivity index (χ4v) is 4.47. The Kier molecular flexibility index (Phi) is 4.48. The molecular weight excluding hydrogens is 334 g/mol. The first-order chi connectivity index (χ1) is 12.2. The van der Waals surface area contributed by atoms with Gasteiger partial charge in [-0.05, 0) is 25.0 Å². The Labute approximate surface area is 150 Å². The van der Waals surface area contributed by atoms with Gasteiger partial charge in [-0.3, -0.25) is 4.79 Å². The van der Waals surface area contributed by atoms with Crippen molar-refractivity contribution >= 4 is 27.5 Å². The van der Waals surface area contributed by atoms with Crippen molar-refractivity contribution in [2.24, 2.45) is 7.05 Å². The molecule has 4 rings (SSSR count). The first-order valence-corrected chi connectivity index (χ1v) is 9.48. The summed E-state index contributed by atoms with van der Waals surface area (Å²) in [4.78, 5) is 19.4. The van der Waals surface area contributed by atoms with Crippen molar-refractivity contribution in [3.05, 3.63) is 41.4 Å². The van der Waals surface area contributed by atoms with E-state index in [9.17, 15) is 4.79 Å². The molecule has 0 unspecified atom stereocenters. The highest BCUT2D eigenvalue weighted by Gasteiger charge is 2.26. The predicted octanol–water partition coefficient (Wildman–Crippen LogP) is 2.76. The summed E-state index contributed by atoms with van der Waals surface area (Å²) in [6.07, 6.45) is 4.93. The molecule has 0 saturated carbocycles. The molecule has 0 N–H and O–H groups in total. The Morgan fingerprint density at radius 2 is 2.24 bits per heavy atom. The van der Waals surface area contributed by atoms with Gasteiger partial charge in [0.05, 0.1) is 15.2 Å². The van der Waals surface area contributed by atoms with Gasteiger partial charge in [0.2, 0.25) is 5.91 Å². The van der Waals surface area contributed by atoms with E-state index in [2.05, 4.69) is 22.3 Å². The Morgan fingerprint density at radius 1 is 1.36 bits per heavy atom. The van der Waals surface area contributed by atoms with E-state index in [-0.39, 0.29) is 5.91 Å². The lowest BCUT2D eigenvalue weighted by atomic mass is 9.98. The van der Waals surface area contributed by atoms with Crippen LogP contribution in [0.5, 0.6) is 0 Å². The molecule has 7 heteroatoms. The number of benzene rings is 1. The summed E-state index contributed by atoms with van der Waals surface area (Å²) < 4.78 is 3.09. The molecule has 1 aliphatic rings. The average Bonchev–Trinajstić information content (AvgIpc) is 3.25. The van der Waals surface area contributed by atoms with Gasteiger partial charge < -0.3 is 9.47 Å². The Bertz CT molecular complexity index is 853. The molecule has 0 aliphatic carbocycles. The molecule has 1 saturated heterocycles. The molecule has 1 amide bonds. The normalized spacial score (nSPS) is 18.0. The van der Waals surface area contributed by atoms with E-state index in [0.717, 1.165) is 42.3 Å². The number of para-hydroxylation sites is 1. The Balaban J connectivity index is 1.41. The lowest BCUT2D eigenvalue weighted by molar-refractivity contribution is -0.132. The second kappa shape index (κ2) is 6.92. The number of piperidine rings is 1. The van der Waals surface area contributed by atoms with Crippen molar-refractivity contribution in [3.63, 3.8) is 0 Å². The van der Waals surface area contributed by atoms with Gasteiger partial charge in [-0.15, -0.1) is 21.5 Å². The monoisotopic (exact) mass is 355 g/mol. The molecule has 3 heterocycles. The minimum Gasteiger partial charge on any atom is -0.342 e. The van der Waals surface area contributed by atoms with Crippen LogP contribution >= 0.6 is 11.3 Å². The standard InChI is InChI=1S/C18H21N5OS/c1-22-12-19-21-16(22)8-9-17(24)23-10-4-5-13(11-23)18-20-14-6-2-3-7-15(14)25-18/h2-3,6-7,12-13H,4-5,8-11H2,1H3/t13-/m1/s1. The third kappa shape index (κ3) is 3.42. The quantitative estimate of drug-likeness (QED) is 0.722. The maximum Gasteiger partial charge on any atom is 0.223 e. The first kappa shape index (κ1) is 16.2. The number of aromatic nitrogens is 4. The van der Waals surface area contributed by atoms with Crippen LogP contribution in [0.1, 0.15) is 36.0 Å². The number of hydrogen-bond donors (Lipinski definition) is 0. The maximum atomic E-state index is 12.6. The van der Waals surface area contributed by atoms with E-state index in [1.807, 2.05) is 28.6 Å². The summed E-state index contributed by atoms with van der Waals surface area (Å²) in [5, 5.41) is 9.08. The van der Waals surface area contributed by atoms with E-state index < -0.39 is 0 Å². The van der Waals surface area contributed by atoms with Crippen molar-refractivity contribution in [2.45, 2.75) is 31.6 Å². The number of nitrogens with zero attached hydrogens (tertiary/aromatic N) is 5. The van der Waals surface area contributed by atoms with Crippen LogP contribution < -0.4 is 0 Å². The predicted molar refractivity (Wildman–Crippen MR) is 97.5 cm³/mol. The molecule has 6 nitrogen and oxygen atoms in total. The van der Waals surface area contributed by atoms with Gasteiger partial charge in [0.25, 0.3) is 0 Å². The summed E-state index contributed by atoms with van der Waals surface area (Å²) in [5.74, 6) is 1.41. The largest absolute Gasteiger partial charge is 0.342 e. The zero-order chi connectivity index (χ0) is 17.2. The maximum absolute atomic E-state index is 12.6. The molecule has 1 aliphatic heterocycles. The highest BCUT2D eigenvalue weighted by Crippen LogP contribution is 2.33. The fourth-order valence-electron chi connectivity index (χ4n) is 3.38. The summed E-state index contributed by atoms with van der Waals surface area (Å²) in [6.45, 7) is 1.62. The van der Waals surface area contributed by atoms with Gasteiger partial charge in [0.1, 0.15) is 12.2 Å². The number of aryl methyl sites for hydroxylation is 2. The van der Waals surface area contributed by atoms with Gasteiger partial charge in [-0.1, -0.05) is 12.1 Å². The zero-order valence-electron chi connectivity index (χ0n) is 14.3. The molecule has 2 aromatic heterocycles. The van der Waals surface area contributed by atoms with E-state index in [4.69, 9.17) is 4.98 Å². The number of thiazole rings is 1. The third-order valence-corrected chi connectivity index (χ3v) is 6.00. The second-order valence-electron chi connectivity index (χ2n) is 6.56. The van der Waals surface area contributed by atoms with Crippen molar-refractivity contribution < 1.29 is 4.79 Å². The van der Waals surface area contributed by atoms with Crippen LogP contribution in [0, 0.1) is 0 Å². The molecule has 25 heavy (non-hydrogen) atoms. The zero-order valence-corrected chi connectivity index (χ0v) is 15.1. The van der Waals surface area contributed by atoms with Crippen LogP contribution in [0.15, 0.2) is 30.6 Å². The lowest BCUT2D eigenvalue weighted by Gasteiger charge is -2.32. The highest BCUT2D eigenvalue weighted by molar-refractivity contribution is 7.18. The van der Waals surface area contributed by atoms with Crippen LogP contribution in [0.3, 0.4) is 0 Å². The van der Waals surface area contributed by atoms with Gasteiger partial charge in [-0.2, -0.15) is 0 Å². The first-order valence-electron chi connectivity index (χ1n) is 8.67. The number of carbonyl (C=O) groups is 1. The second-order valence-corrected chi connectivity index (χ2v) is 7.62. The van der Waals surface area contributed by atoms with Gasteiger partial charge in [0, 0.05) is 38.9 Å². The number of rotatable bonds is 4. The number of fused-ring (bicyclic) bond motifs is 1. The van der Waals surface area contributed by atoms with Crippen molar-refractivity contribution in [2.75, 3.05) is 13.1 Å². The third-order valence-electron chi connectivity index (χ3n) is 4.80. The molecule has 1 fully saturated rings. The summed E-state index contributed by atoms with van der Waals surface area (Å²) >= 11 is 1.76. The molecule has 3 aromatic rings. The number of carbonyl (C=O) groups excluding carboxylic acids is 1.